The molecule has 1 aromatic heterocycles. The van der Waals surface area contributed by atoms with Crippen LogP contribution in [0.25, 0.3) is 0 Å². The maximum Gasteiger partial charge on any atom is 0.353 e. The van der Waals surface area contributed by atoms with Crippen molar-refractivity contribution >= 4 is 23.0 Å². The molecule has 9 heteroatoms. The zero-order valence-corrected chi connectivity index (χ0v) is 17.9. The van der Waals surface area contributed by atoms with Crippen LogP contribution in [-0.2, 0) is 0 Å². The first-order valence-electron chi connectivity index (χ1n) is 10.4. The molecule has 0 aliphatic carbocycles. The van der Waals surface area contributed by atoms with Gasteiger partial charge in [-0.15, -0.1) is 0 Å². The maximum absolute atomic E-state index is 12.0. The molecule has 160 valence electrons. The van der Waals surface area contributed by atoms with E-state index in [2.05, 4.69) is 58.9 Å². The summed E-state index contributed by atoms with van der Waals surface area (Å²) >= 11 is 0. The molecule has 0 saturated carbocycles. The first kappa shape index (κ1) is 20.3. The van der Waals surface area contributed by atoms with Crippen LogP contribution in [0.3, 0.4) is 0 Å². The highest BCUT2D eigenvalue weighted by Crippen LogP contribution is 2.35. The molecular formula is C21H29N7O2. The molecule has 4 rings (SSSR count). The van der Waals surface area contributed by atoms with Crippen LogP contribution in [-0.4, -0.2) is 79.2 Å². The SMILES string of the molecule is Cc1ccc(N2CCN(c3ncnc(N4CCN(C)CC4)c3[N+](=O)[O-])CC2)cc1C. The highest BCUT2D eigenvalue weighted by molar-refractivity contribution is 5.72. The van der Waals surface area contributed by atoms with Gasteiger partial charge >= 0.3 is 5.69 Å². The van der Waals surface area contributed by atoms with Gasteiger partial charge in [0.15, 0.2) is 0 Å². The van der Waals surface area contributed by atoms with Crippen LogP contribution in [0.5, 0.6) is 0 Å². The van der Waals surface area contributed by atoms with Crippen LogP contribution in [0.4, 0.5) is 23.0 Å². The minimum absolute atomic E-state index is 0.0293. The van der Waals surface area contributed by atoms with Crippen molar-refractivity contribution in [2.75, 3.05) is 74.1 Å². The van der Waals surface area contributed by atoms with Gasteiger partial charge in [0.05, 0.1) is 4.92 Å². The summed E-state index contributed by atoms with van der Waals surface area (Å²) in [5.41, 5.74) is 3.79. The van der Waals surface area contributed by atoms with Crippen molar-refractivity contribution in [1.82, 2.24) is 14.9 Å². The smallest absolute Gasteiger partial charge is 0.353 e. The highest BCUT2D eigenvalue weighted by Gasteiger charge is 2.32. The maximum atomic E-state index is 12.0. The molecule has 3 heterocycles. The van der Waals surface area contributed by atoms with E-state index in [4.69, 9.17) is 0 Å². The van der Waals surface area contributed by atoms with Gasteiger partial charge in [0.2, 0.25) is 11.6 Å². The van der Waals surface area contributed by atoms with Crippen LogP contribution in [0.1, 0.15) is 11.1 Å². The number of aromatic nitrogens is 2. The van der Waals surface area contributed by atoms with Crippen LogP contribution in [0.2, 0.25) is 0 Å². The molecule has 0 bridgehead atoms. The number of hydrogen-bond acceptors (Lipinski definition) is 8. The van der Waals surface area contributed by atoms with Gasteiger partial charge in [-0.25, -0.2) is 9.97 Å². The fraction of sp³-hybridized carbons (Fsp3) is 0.524. The Hall–Kier alpha value is -2.94. The van der Waals surface area contributed by atoms with E-state index in [0.29, 0.717) is 24.7 Å². The third kappa shape index (κ3) is 4.02. The second-order valence-corrected chi connectivity index (χ2v) is 8.16. The number of piperazine rings is 2. The van der Waals surface area contributed by atoms with E-state index in [1.165, 1.54) is 23.1 Å². The van der Waals surface area contributed by atoms with Crippen molar-refractivity contribution in [3.8, 4) is 0 Å². The second-order valence-electron chi connectivity index (χ2n) is 8.16. The molecule has 2 aliphatic heterocycles. The number of anilines is 3. The topological polar surface area (TPSA) is 81.9 Å². The van der Waals surface area contributed by atoms with Crippen LogP contribution < -0.4 is 14.7 Å². The Morgan fingerprint density at radius 3 is 1.90 bits per heavy atom. The van der Waals surface area contributed by atoms with E-state index >= 15 is 0 Å². The molecule has 0 unspecified atom stereocenters. The summed E-state index contributed by atoms with van der Waals surface area (Å²) in [7, 11) is 2.06. The fourth-order valence-corrected chi connectivity index (χ4v) is 4.10. The van der Waals surface area contributed by atoms with E-state index < -0.39 is 0 Å². The molecule has 2 aliphatic rings. The van der Waals surface area contributed by atoms with Crippen LogP contribution in [0.15, 0.2) is 24.5 Å². The lowest BCUT2D eigenvalue weighted by Gasteiger charge is -2.37. The number of nitrogens with zero attached hydrogens (tertiary/aromatic N) is 7. The second kappa shape index (κ2) is 8.43. The van der Waals surface area contributed by atoms with Crippen molar-refractivity contribution < 1.29 is 4.92 Å². The summed E-state index contributed by atoms with van der Waals surface area (Å²) in [5, 5.41) is 12.0. The Kier molecular flexibility index (Phi) is 5.72. The summed E-state index contributed by atoms with van der Waals surface area (Å²) in [6.07, 6.45) is 1.46. The number of nitro groups is 1. The number of benzene rings is 1. The fourth-order valence-electron chi connectivity index (χ4n) is 4.10. The molecular weight excluding hydrogens is 382 g/mol. The van der Waals surface area contributed by atoms with Crippen molar-refractivity contribution in [1.29, 1.82) is 0 Å². The van der Waals surface area contributed by atoms with Crippen molar-refractivity contribution in [2.24, 2.45) is 0 Å². The third-order valence-corrected chi connectivity index (χ3v) is 6.20. The van der Waals surface area contributed by atoms with E-state index in [0.717, 1.165) is 39.3 Å². The Bertz CT molecular complexity index is 920. The quantitative estimate of drug-likeness (QED) is 0.559. The molecule has 30 heavy (non-hydrogen) atoms. The minimum Gasteiger partial charge on any atom is -0.368 e. The van der Waals surface area contributed by atoms with Gasteiger partial charge in [-0.3, -0.25) is 10.1 Å². The zero-order chi connectivity index (χ0) is 21.3. The zero-order valence-electron chi connectivity index (χ0n) is 17.9. The molecule has 0 atom stereocenters. The molecule has 2 fully saturated rings. The number of aryl methyl sites for hydroxylation is 2. The van der Waals surface area contributed by atoms with Gasteiger partial charge in [-0.05, 0) is 44.2 Å². The van der Waals surface area contributed by atoms with Gasteiger partial charge in [0, 0.05) is 58.0 Å². The monoisotopic (exact) mass is 411 g/mol. The first-order chi connectivity index (χ1) is 14.4. The van der Waals surface area contributed by atoms with Gasteiger partial charge in [0.25, 0.3) is 0 Å². The lowest BCUT2D eigenvalue weighted by Crippen LogP contribution is -2.47. The average Bonchev–Trinajstić information content (AvgIpc) is 2.76. The number of hydrogen-bond donors (Lipinski definition) is 0. The third-order valence-electron chi connectivity index (χ3n) is 6.20. The highest BCUT2D eigenvalue weighted by atomic mass is 16.6. The molecule has 2 saturated heterocycles. The van der Waals surface area contributed by atoms with Gasteiger partial charge < -0.3 is 19.6 Å². The molecule has 0 radical (unpaired) electrons. The van der Waals surface area contributed by atoms with Crippen molar-refractivity contribution in [2.45, 2.75) is 13.8 Å². The van der Waals surface area contributed by atoms with Gasteiger partial charge in [0.1, 0.15) is 6.33 Å². The first-order valence-corrected chi connectivity index (χ1v) is 10.4. The summed E-state index contributed by atoms with van der Waals surface area (Å²) in [4.78, 5) is 28.9. The van der Waals surface area contributed by atoms with E-state index in [1.54, 1.807) is 0 Å². The van der Waals surface area contributed by atoms with E-state index in [9.17, 15) is 10.1 Å². The summed E-state index contributed by atoms with van der Waals surface area (Å²) in [5.74, 6) is 0.873. The Labute approximate surface area is 177 Å². The summed E-state index contributed by atoms with van der Waals surface area (Å²) in [6.45, 7) is 10.4. The average molecular weight is 412 g/mol. The predicted molar refractivity (Wildman–Crippen MR) is 119 cm³/mol. The number of rotatable bonds is 4. The summed E-state index contributed by atoms with van der Waals surface area (Å²) in [6, 6.07) is 6.51. The lowest BCUT2D eigenvalue weighted by molar-refractivity contribution is -0.383. The standard InChI is InChI=1S/C21H29N7O2/c1-16-4-5-18(14-17(16)2)25-10-12-27(13-11-25)21-19(28(29)30)20(22-15-23-21)26-8-6-24(3)7-9-26/h4-5,14-15H,6-13H2,1-3H3. The van der Waals surface area contributed by atoms with Gasteiger partial charge in [-0.2, -0.15) is 0 Å². The molecule has 0 spiro atoms. The predicted octanol–water partition coefficient (Wildman–Crippen LogP) is 2.08. The largest absolute Gasteiger partial charge is 0.368 e. The molecule has 0 amide bonds. The molecule has 9 nitrogen and oxygen atoms in total. The molecule has 2 aromatic rings. The van der Waals surface area contributed by atoms with Crippen LogP contribution in [0, 0.1) is 24.0 Å². The van der Waals surface area contributed by atoms with Crippen molar-refractivity contribution in [3.05, 3.63) is 45.8 Å². The Morgan fingerprint density at radius 2 is 1.37 bits per heavy atom. The van der Waals surface area contributed by atoms with E-state index in [1.807, 2.05) is 9.80 Å². The molecule has 0 N–H and O–H groups in total. The van der Waals surface area contributed by atoms with Gasteiger partial charge in [-0.1, -0.05) is 6.07 Å². The Morgan fingerprint density at radius 1 is 0.833 bits per heavy atom. The number of likely N-dealkylation sites (N-methyl/N-ethyl adjacent to an activating group) is 1. The van der Waals surface area contributed by atoms with Crippen molar-refractivity contribution in [3.63, 3.8) is 0 Å². The summed E-state index contributed by atoms with van der Waals surface area (Å²) < 4.78 is 0. The normalized spacial score (nSPS) is 18.0. The van der Waals surface area contributed by atoms with Crippen LogP contribution >= 0.6 is 0 Å². The Balaban J connectivity index is 1.54. The molecule has 1 aromatic carbocycles. The minimum atomic E-state index is -0.321. The van der Waals surface area contributed by atoms with E-state index in [-0.39, 0.29) is 10.6 Å². The lowest BCUT2D eigenvalue weighted by atomic mass is 10.1.